The van der Waals surface area contributed by atoms with E-state index in [4.69, 9.17) is 4.74 Å². The van der Waals surface area contributed by atoms with Gasteiger partial charge in [-0.15, -0.1) is 0 Å². The Morgan fingerprint density at radius 2 is 1.91 bits per heavy atom. The third-order valence-electron chi connectivity index (χ3n) is 7.30. The topological polar surface area (TPSA) is 79.4 Å². The average molecular weight is 465 g/mol. The molecule has 0 amide bonds. The summed E-state index contributed by atoms with van der Waals surface area (Å²) in [5, 5.41) is 2.17. The number of nitrogens with zero attached hydrogens (tertiary/aromatic N) is 2. The summed E-state index contributed by atoms with van der Waals surface area (Å²) in [5.41, 5.74) is 3.13. The molecule has 4 heterocycles. The molecule has 2 aliphatic heterocycles. The Bertz CT molecular complexity index is 1410. The van der Waals surface area contributed by atoms with Gasteiger partial charge in [0.15, 0.2) is 0 Å². The lowest BCUT2D eigenvalue weighted by atomic mass is 10.0. The second-order valence-electron chi connectivity index (χ2n) is 9.32. The molecule has 0 saturated carbocycles. The molecule has 0 bridgehead atoms. The van der Waals surface area contributed by atoms with Crippen LogP contribution in [0.1, 0.15) is 11.6 Å². The normalized spacial score (nSPS) is 22.3. The zero-order valence-electron chi connectivity index (χ0n) is 18.6. The van der Waals surface area contributed by atoms with Crippen LogP contribution in [-0.2, 0) is 21.8 Å². The van der Waals surface area contributed by atoms with Crippen molar-refractivity contribution in [1.29, 1.82) is 0 Å². The summed E-state index contributed by atoms with van der Waals surface area (Å²) in [4.78, 5) is 5.82. The maximum absolute atomic E-state index is 13.2. The summed E-state index contributed by atoms with van der Waals surface area (Å²) in [6.07, 6.45) is 3.97. The predicted molar refractivity (Wildman–Crippen MR) is 129 cm³/mol. The van der Waals surface area contributed by atoms with Crippen LogP contribution in [-0.4, -0.2) is 55.7 Å². The molecule has 3 atom stereocenters. The van der Waals surface area contributed by atoms with Gasteiger partial charge in [-0.3, -0.25) is 4.90 Å². The molecule has 0 radical (unpaired) electrons. The molecule has 0 spiro atoms. The molecular weight excluding hydrogens is 436 g/mol. The molecule has 2 saturated heterocycles. The molecule has 2 aromatic carbocycles. The molecule has 2 N–H and O–H groups in total. The first-order valence-electron chi connectivity index (χ1n) is 11.4. The van der Waals surface area contributed by atoms with E-state index in [1.54, 1.807) is 12.1 Å². The van der Waals surface area contributed by atoms with Gasteiger partial charge in [0.2, 0.25) is 10.0 Å². The van der Waals surface area contributed by atoms with Crippen LogP contribution in [0.25, 0.3) is 21.8 Å². The van der Waals surface area contributed by atoms with E-state index < -0.39 is 10.0 Å². The summed E-state index contributed by atoms with van der Waals surface area (Å²) in [6.45, 7) is 3.76. The first-order valence-corrected chi connectivity index (χ1v) is 12.9. The number of benzene rings is 2. The molecular formula is C25H28N4O3S. The number of aryl methyl sites for hydroxylation is 1. The van der Waals surface area contributed by atoms with Gasteiger partial charge in [-0.05, 0) is 35.2 Å². The quantitative estimate of drug-likeness (QED) is 0.459. The minimum Gasteiger partial charge on any atom is -0.381 e. The van der Waals surface area contributed by atoms with E-state index in [-0.39, 0.29) is 10.9 Å². The average Bonchev–Trinajstić information content (AvgIpc) is 3.58. The number of ether oxygens (including phenoxy) is 1. The number of fused-ring (bicyclic) bond motifs is 3. The Morgan fingerprint density at radius 3 is 2.73 bits per heavy atom. The van der Waals surface area contributed by atoms with Crippen LogP contribution >= 0.6 is 0 Å². The monoisotopic (exact) mass is 464 g/mol. The van der Waals surface area contributed by atoms with Crippen LogP contribution in [0.5, 0.6) is 0 Å². The molecule has 1 unspecified atom stereocenters. The maximum Gasteiger partial charge on any atom is 0.240 e. The van der Waals surface area contributed by atoms with Crippen molar-refractivity contribution in [3.63, 3.8) is 0 Å². The van der Waals surface area contributed by atoms with E-state index in [0.717, 1.165) is 48.3 Å². The third-order valence-corrected chi connectivity index (χ3v) is 8.72. The number of hydrogen-bond donors (Lipinski definition) is 2. The number of hydrogen-bond acceptors (Lipinski definition) is 4. The highest BCUT2D eigenvalue weighted by Gasteiger charge is 2.40. The predicted octanol–water partition coefficient (Wildman–Crippen LogP) is 3.26. The van der Waals surface area contributed by atoms with Crippen LogP contribution in [0.3, 0.4) is 0 Å². The fourth-order valence-corrected chi connectivity index (χ4v) is 6.58. The fourth-order valence-electron chi connectivity index (χ4n) is 5.52. The molecule has 6 rings (SSSR count). The van der Waals surface area contributed by atoms with E-state index in [1.807, 2.05) is 37.5 Å². The molecule has 0 aliphatic carbocycles. The highest BCUT2D eigenvalue weighted by molar-refractivity contribution is 7.89. The minimum absolute atomic E-state index is 0.0503. The Kier molecular flexibility index (Phi) is 5.06. The lowest BCUT2D eigenvalue weighted by molar-refractivity contribution is 0.139. The zero-order chi connectivity index (χ0) is 22.6. The van der Waals surface area contributed by atoms with Crippen molar-refractivity contribution in [2.75, 3.05) is 32.8 Å². The van der Waals surface area contributed by atoms with Gasteiger partial charge in [-0.25, -0.2) is 13.1 Å². The number of aromatic amines is 1. The zero-order valence-corrected chi connectivity index (χ0v) is 19.4. The molecule has 4 aromatic rings. The second-order valence-corrected chi connectivity index (χ2v) is 11.1. The van der Waals surface area contributed by atoms with Gasteiger partial charge in [-0.2, -0.15) is 0 Å². The number of rotatable bonds is 6. The first kappa shape index (κ1) is 20.9. The molecule has 2 aromatic heterocycles. The van der Waals surface area contributed by atoms with Gasteiger partial charge in [0.1, 0.15) is 0 Å². The fraction of sp³-hybridized carbons (Fsp3) is 0.360. The van der Waals surface area contributed by atoms with Crippen molar-refractivity contribution in [2.45, 2.75) is 10.9 Å². The lowest BCUT2D eigenvalue weighted by Gasteiger charge is -2.29. The van der Waals surface area contributed by atoms with Crippen LogP contribution in [0, 0.1) is 11.8 Å². The Hall–Kier alpha value is -2.65. The van der Waals surface area contributed by atoms with Crippen LogP contribution < -0.4 is 4.72 Å². The van der Waals surface area contributed by atoms with Crippen molar-refractivity contribution >= 4 is 31.8 Å². The SMILES string of the molecule is Cn1cc(C(CNS(=O)(=O)c2ccc3cc[nH]c3c2)N2C[C@@H]3COC[C@H]3C2)c2ccccc21. The maximum atomic E-state index is 13.2. The van der Waals surface area contributed by atoms with Gasteiger partial charge < -0.3 is 14.3 Å². The Labute approximate surface area is 193 Å². The molecule has 172 valence electrons. The van der Waals surface area contributed by atoms with Crippen molar-refractivity contribution in [2.24, 2.45) is 18.9 Å². The van der Waals surface area contributed by atoms with E-state index in [9.17, 15) is 8.42 Å². The molecule has 2 fully saturated rings. The number of aromatic nitrogens is 2. The number of H-pyrrole nitrogens is 1. The summed E-state index contributed by atoms with van der Waals surface area (Å²) in [7, 11) is -1.61. The Morgan fingerprint density at radius 1 is 1.12 bits per heavy atom. The molecule has 7 nitrogen and oxygen atoms in total. The van der Waals surface area contributed by atoms with Crippen LogP contribution in [0.15, 0.2) is 65.8 Å². The van der Waals surface area contributed by atoms with E-state index in [0.29, 0.717) is 18.4 Å². The smallest absolute Gasteiger partial charge is 0.240 e. The van der Waals surface area contributed by atoms with Crippen molar-refractivity contribution in [1.82, 2.24) is 19.2 Å². The van der Waals surface area contributed by atoms with E-state index in [2.05, 4.69) is 37.5 Å². The lowest BCUT2D eigenvalue weighted by Crippen LogP contribution is -2.37. The highest BCUT2D eigenvalue weighted by atomic mass is 32.2. The first-order chi connectivity index (χ1) is 16.0. The summed E-state index contributed by atoms with van der Waals surface area (Å²) in [6, 6.07) is 15.4. The van der Waals surface area contributed by atoms with Gasteiger partial charge in [0, 0.05) is 67.3 Å². The van der Waals surface area contributed by atoms with Crippen molar-refractivity contribution in [3.05, 3.63) is 66.5 Å². The largest absolute Gasteiger partial charge is 0.381 e. The second kappa shape index (κ2) is 7.99. The van der Waals surface area contributed by atoms with Gasteiger partial charge in [-0.1, -0.05) is 24.3 Å². The van der Waals surface area contributed by atoms with Gasteiger partial charge in [0.05, 0.1) is 24.2 Å². The summed E-state index contributed by atoms with van der Waals surface area (Å²) in [5.74, 6) is 1.05. The third kappa shape index (κ3) is 3.67. The van der Waals surface area contributed by atoms with Crippen LogP contribution in [0.2, 0.25) is 0 Å². The summed E-state index contributed by atoms with van der Waals surface area (Å²) >= 11 is 0. The minimum atomic E-state index is -3.66. The molecule has 8 heteroatoms. The number of nitrogens with one attached hydrogen (secondary N) is 2. The standard InChI is InChI=1S/C25H28N4O3S/c1-28-14-22(21-4-2-3-5-24(21)28)25(29-12-18-15-32-16-19(18)13-29)11-27-33(30,31)20-7-6-17-8-9-26-23(17)10-20/h2-10,14,18-19,25-27H,11-13,15-16H2,1H3/t18-,19-,25?/m1/s1. The van der Waals surface area contributed by atoms with Gasteiger partial charge in [0.25, 0.3) is 0 Å². The summed E-state index contributed by atoms with van der Waals surface area (Å²) < 4.78 is 37.2. The van der Waals surface area contributed by atoms with Gasteiger partial charge >= 0.3 is 0 Å². The number of likely N-dealkylation sites (tertiary alicyclic amines) is 1. The Balaban J connectivity index is 1.33. The molecule has 2 aliphatic rings. The van der Waals surface area contributed by atoms with Crippen molar-refractivity contribution < 1.29 is 13.2 Å². The highest BCUT2D eigenvalue weighted by Crippen LogP contribution is 2.37. The number of para-hydroxylation sites is 1. The number of sulfonamides is 1. The molecule has 33 heavy (non-hydrogen) atoms. The van der Waals surface area contributed by atoms with Crippen molar-refractivity contribution in [3.8, 4) is 0 Å². The van der Waals surface area contributed by atoms with Crippen LogP contribution in [0.4, 0.5) is 0 Å². The van der Waals surface area contributed by atoms with E-state index in [1.165, 1.54) is 5.39 Å². The van der Waals surface area contributed by atoms with E-state index >= 15 is 0 Å².